The van der Waals surface area contributed by atoms with E-state index in [0.717, 1.165) is 22.4 Å². The van der Waals surface area contributed by atoms with E-state index >= 15 is 0 Å². The average molecular weight is 415 g/mol. The third-order valence-electron chi connectivity index (χ3n) is 5.49. The molecule has 5 nitrogen and oxygen atoms in total. The van der Waals surface area contributed by atoms with Gasteiger partial charge in [-0.25, -0.2) is 0 Å². The summed E-state index contributed by atoms with van der Waals surface area (Å²) in [7, 11) is 3.22. The number of hydrogen-bond acceptors (Lipinski definition) is 4. The molecule has 158 valence electrons. The highest BCUT2D eigenvalue weighted by molar-refractivity contribution is 6.24. The molecule has 0 fully saturated rings. The first kappa shape index (κ1) is 20.8. The van der Waals surface area contributed by atoms with Crippen molar-refractivity contribution in [2.45, 2.75) is 26.6 Å². The molecule has 0 spiro atoms. The fourth-order valence-electron chi connectivity index (χ4n) is 4.01. The number of nitrogens with zero attached hydrogens (tertiary/aromatic N) is 1. The van der Waals surface area contributed by atoms with Crippen LogP contribution in [0.5, 0.6) is 0 Å². The molecule has 2 aromatic carbocycles. The number of Topliss-reactive ketones (excluding diaryl/α,β-unsaturated/α-hetero) is 1. The Morgan fingerprint density at radius 1 is 0.871 bits per heavy atom. The molecule has 0 saturated heterocycles. The molecule has 0 N–H and O–H groups in total. The van der Waals surface area contributed by atoms with E-state index in [1.54, 1.807) is 4.57 Å². The Morgan fingerprint density at radius 3 is 2.10 bits per heavy atom. The molecule has 1 heterocycles. The summed E-state index contributed by atoms with van der Waals surface area (Å²) in [5, 5.41) is 0. The lowest BCUT2D eigenvalue weighted by molar-refractivity contribution is 0.0649. The molecule has 0 amide bonds. The molecule has 31 heavy (non-hydrogen) atoms. The van der Waals surface area contributed by atoms with Gasteiger partial charge in [0.2, 0.25) is 11.6 Å². The normalized spacial score (nSPS) is 13.4. The Balaban J connectivity index is 1.85. The topological polar surface area (TPSA) is 57.5 Å². The van der Waals surface area contributed by atoms with E-state index in [4.69, 9.17) is 9.47 Å². The van der Waals surface area contributed by atoms with Gasteiger partial charge < -0.3 is 14.0 Å². The summed E-state index contributed by atoms with van der Waals surface area (Å²) < 4.78 is 12.8. The fraction of sp³-hybridized carbons (Fsp3) is 0.231. The van der Waals surface area contributed by atoms with Crippen molar-refractivity contribution >= 4 is 11.6 Å². The molecule has 1 aliphatic rings. The summed E-state index contributed by atoms with van der Waals surface area (Å²) in [4.78, 5) is 25.9. The van der Waals surface area contributed by atoms with Crippen molar-refractivity contribution in [3.05, 3.63) is 83.3 Å². The number of ketones is 2. The van der Waals surface area contributed by atoms with Crippen LogP contribution in [0.3, 0.4) is 0 Å². The Morgan fingerprint density at radius 2 is 1.48 bits per heavy atom. The first-order valence-electron chi connectivity index (χ1n) is 10.3. The van der Waals surface area contributed by atoms with Gasteiger partial charge in [-0.3, -0.25) is 9.59 Å². The van der Waals surface area contributed by atoms with Crippen molar-refractivity contribution < 1.29 is 19.1 Å². The zero-order chi connectivity index (χ0) is 22.1. The molecular weight excluding hydrogens is 390 g/mol. The lowest BCUT2D eigenvalue weighted by atomic mass is 9.94. The zero-order valence-electron chi connectivity index (χ0n) is 18.1. The molecule has 4 rings (SSSR count). The van der Waals surface area contributed by atoms with Gasteiger partial charge in [-0.05, 0) is 30.5 Å². The lowest BCUT2D eigenvalue weighted by Crippen LogP contribution is -2.20. The highest BCUT2D eigenvalue weighted by Crippen LogP contribution is 2.37. The second kappa shape index (κ2) is 8.36. The summed E-state index contributed by atoms with van der Waals surface area (Å²) in [6, 6.07) is 18.3. The maximum Gasteiger partial charge on any atom is 0.230 e. The van der Waals surface area contributed by atoms with Crippen LogP contribution in [0.4, 0.5) is 0 Å². The van der Waals surface area contributed by atoms with Crippen LogP contribution in [0.1, 0.15) is 40.3 Å². The summed E-state index contributed by atoms with van der Waals surface area (Å²) in [6.07, 6.45) is 1.25. The molecule has 0 saturated carbocycles. The van der Waals surface area contributed by atoms with E-state index in [1.165, 1.54) is 13.2 Å². The molecule has 0 unspecified atom stereocenters. The van der Waals surface area contributed by atoms with Crippen LogP contribution in [0, 0.1) is 0 Å². The van der Waals surface area contributed by atoms with E-state index in [9.17, 15) is 9.59 Å². The molecule has 0 bridgehead atoms. The second-order valence-electron chi connectivity index (χ2n) is 7.82. The predicted octanol–water partition coefficient (Wildman–Crippen LogP) is 5.19. The second-order valence-corrected chi connectivity index (χ2v) is 7.82. The molecule has 0 aliphatic heterocycles. The number of methoxy groups -OCH3 is 1. The lowest BCUT2D eigenvalue weighted by Gasteiger charge is -2.14. The summed E-state index contributed by atoms with van der Waals surface area (Å²) in [5.41, 5.74) is 5.39. The Bertz CT molecular complexity index is 1170. The summed E-state index contributed by atoms with van der Waals surface area (Å²) in [5.74, 6) is -0.478. The van der Waals surface area contributed by atoms with Crippen molar-refractivity contribution in [2.75, 3.05) is 7.11 Å². The van der Waals surface area contributed by atoms with Crippen LogP contribution >= 0.6 is 0 Å². The number of carbonyl (C=O) groups excluding carboxylic acids is 2. The molecule has 5 heteroatoms. The standard InChI is InChI=1S/C26H25NO4/c1-16(2)31-15-20-23-25(21(28)14-22(30-4)26(23)29)27(3)24(20)19-12-10-18(11-13-19)17-8-6-5-7-9-17/h5-14,16H,15H2,1-4H3. The van der Waals surface area contributed by atoms with Crippen LogP contribution in [0.25, 0.3) is 22.4 Å². The summed E-state index contributed by atoms with van der Waals surface area (Å²) >= 11 is 0. The monoisotopic (exact) mass is 415 g/mol. The zero-order valence-corrected chi connectivity index (χ0v) is 18.1. The maximum atomic E-state index is 13.1. The average Bonchev–Trinajstić information content (AvgIpc) is 3.08. The van der Waals surface area contributed by atoms with E-state index in [2.05, 4.69) is 12.1 Å². The van der Waals surface area contributed by atoms with Gasteiger partial charge in [0.15, 0.2) is 5.76 Å². The Kier molecular flexibility index (Phi) is 5.61. The fourth-order valence-corrected chi connectivity index (χ4v) is 4.01. The third-order valence-corrected chi connectivity index (χ3v) is 5.49. The highest BCUT2D eigenvalue weighted by Gasteiger charge is 2.35. The molecule has 1 aromatic heterocycles. The minimum atomic E-state index is -0.290. The predicted molar refractivity (Wildman–Crippen MR) is 120 cm³/mol. The number of fused-ring (bicyclic) bond motifs is 1. The minimum Gasteiger partial charge on any atom is -0.492 e. The number of benzene rings is 2. The molecule has 3 aromatic rings. The number of hydrogen-bond donors (Lipinski definition) is 0. The quantitative estimate of drug-likeness (QED) is 0.556. The number of carbonyl (C=O) groups is 2. The molecule has 1 aliphatic carbocycles. The van der Waals surface area contributed by atoms with E-state index in [0.29, 0.717) is 16.8 Å². The van der Waals surface area contributed by atoms with Gasteiger partial charge in [-0.2, -0.15) is 0 Å². The van der Waals surface area contributed by atoms with Crippen molar-refractivity contribution in [3.8, 4) is 22.4 Å². The van der Waals surface area contributed by atoms with Crippen LogP contribution in [0.2, 0.25) is 0 Å². The smallest absolute Gasteiger partial charge is 0.230 e. The highest BCUT2D eigenvalue weighted by atomic mass is 16.5. The van der Waals surface area contributed by atoms with Crippen molar-refractivity contribution in [1.82, 2.24) is 4.57 Å². The van der Waals surface area contributed by atoms with Gasteiger partial charge in [0.25, 0.3) is 0 Å². The van der Waals surface area contributed by atoms with Gasteiger partial charge in [0.1, 0.15) is 5.69 Å². The van der Waals surface area contributed by atoms with E-state index in [-0.39, 0.29) is 30.0 Å². The molecule has 0 radical (unpaired) electrons. The van der Waals surface area contributed by atoms with Crippen molar-refractivity contribution in [2.24, 2.45) is 7.05 Å². The van der Waals surface area contributed by atoms with Crippen LogP contribution < -0.4 is 0 Å². The van der Waals surface area contributed by atoms with Crippen LogP contribution in [-0.2, 0) is 23.1 Å². The molecular formula is C26H25NO4. The van der Waals surface area contributed by atoms with Crippen LogP contribution in [0.15, 0.2) is 66.4 Å². The number of rotatable bonds is 6. The minimum absolute atomic E-state index is 0.0176. The number of aromatic nitrogens is 1. The van der Waals surface area contributed by atoms with Gasteiger partial charge in [0, 0.05) is 18.7 Å². The van der Waals surface area contributed by atoms with Crippen molar-refractivity contribution in [1.29, 1.82) is 0 Å². The van der Waals surface area contributed by atoms with Gasteiger partial charge in [0.05, 0.1) is 31.1 Å². The van der Waals surface area contributed by atoms with Crippen molar-refractivity contribution in [3.63, 3.8) is 0 Å². The maximum absolute atomic E-state index is 13.1. The number of ether oxygens (including phenoxy) is 2. The molecule has 0 atom stereocenters. The van der Waals surface area contributed by atoms with Gasteiger partial charge >= 0.3 is 0 Å². The van der Waals surface area contributed by atoms with Crippen LogP contribution in [-0.4, -0.2) is 29.3 Å². The SMILES string of the molecule is COC1=CC(=O)c2c(c(COC(C)C)c(-c3ccc(-c4ccccc4)cc3)n2C)C1=O. The van der Waals surface area contributed by atoms with E-state index < -0.39 is 0 Å². The first-order chi connectivity index (χ1) is 14.9. The Hall–Kier alpha value is -3.44. The number of allylic oxidation sites excluding steroid dienone is 2. The van der Waals surface area contributed by atoms with Gasteiger partial charge in [-0.15, -0.1) is 0 Å². The summed E-state index contributed by atoms with van der Waals surface area (Å²) in [6.45, 7) is 4.11. The van der Waals surface area contributed by atoms with E-state index in [1.807, 2.05) is 63.4 Å². The Labute approximate surface area is 181 Å². The first-order valence-corrected chi connectivity index (χ1v) is 10.3. The largest absolute Gasteiger partial charge is 0.492 e. The third kappa shape index (κ3) is 3.73. The van der Waals surface area contributed by atoms with Gasteiger partial charge in [-0.1, -0.05) is 54.6 Å².